The SMILES string of the molecule is CC1(C)CCCN(C(=O)N2CCC(CO)CC2)C1C(=O)O. The van der Waals surface area contributed by atoms with Crippen LogP contribution in [0.25, 0.3) is 0 Å². The molecule has 6 heteroatoms. The van der Waals surface area contributed by atoms with Crippen LogP contribution in [0.5, 0.6) is 0 Å². The fourth-order valence-corrected chi connectivity index (χ4v) is 3.55. The van der Waals surface area contributed by atoms with Crippen LogP contribution in [-0.2, 0) is 4.79 Å². The van der Waals surface area contributed by atoms with E-state index < -0.39 is 17.4 Å². The largest absolute Gasteiger partial charge is 0.480 e. The first kappa shape index (κ1) is 16.1. The molecule has 2 amide bonds. The molecule has 2 aliphatic heterocycles. The van der Waals surface area contributed by atoms with E-state index in [1.54, 1.807) is 4.90 Å². The molecule has 0 spiro atoms. The summed E-state index contributed by atoms with van der Waals surface area (Å²) in [5, 5.41) is 18.7. The molecule has 1 unspecified atom stereocenters. The number of aliphatic carboxylic acids is 1. The van der Waals surface area contributed by atoms with Gasteiger partial charge in [-0.25, -0.2) is 9.59 Å². The normalized spacial score (nSPS) is 26.7. The van der Waals surface area contributed by atoms with Gasteiger partial charge in [0, 0.05) is 26.2 Å². The molecule has 2 saturated heterocycles. The summed E-state index contributed by atoms with van der Waals surface area (Å²) in [5.74, 6) is -0.652. The summed E-state index contributed by atoms with van der Waals surface area (Å²) in [6, 6.07) is -0.916. The number of carboxylic acids is 1. The fraction of sp³-hybridized carbons (Fsp3) is 0.867. The van der Waals surface area contributed by atoms with Gasteiger partial charge in [0.05, 0.1) is 0 Å². The van der Waals surface area contributed by atoms with E-state index in [0.717, 1.165) is 25.7 Å². The van der Waals surface area contributed by atoms with Crippen molar-refractivity contribution in [2.75, 3.05) is 26.2 Å². The van der Waals surface area contributed by atoms with E-state index in [-0.39, 0.29) is 18.6 Å². The number of hydrogen-bond acceptors (Lipinski definition) is 3. The van der Waals surface area contributed by atoms with Crippen LogP contribution in [0.4, 0.5) is 4.79 Å². The summed E-state index contributed by atoms with van der Waals surface area (Å²) in [6.45, 7) is 5.72. The standard InChI is InChI=1S/C15H26N2O4/c1-15(2)6-3-7-17(12(15)13(19)20)14(21)16-8-4-11(10-18)5-9-16/h11-12,18H,3-10H2,1-2H3,(H,19,20). The summed E-state index contributed by atoms with van der Waals surface area (Å²) in [6.07, 6.45) is 3.24. The molecule has 0 aromatic heterocycles. The van der Waals surface area contributed by atoms with E-state index in [1.165, 1.54) is 4.90 Å². The number of urea groups is 1. The lowest BCUT2D eigenvalue weighted by molar-refractivity contribution is -0.148. The van der Waals surface area contributed by atoms with Gasteiger partial charge in [-0.2, -0.15) is 0 Å². The van der Waals surface area contributed by atoms with Crippen molar-refractivity contribution in [2.24, 2.45) is 11.3 Å². The molecule has 2 aliphatic rings. The summed E-state index contributed by atoms with van der Waals surface area (Å²) in [5.41, 5.74) is -0.400. The number of aliphatic hydroxyl groups is 1. The highest BCUT2D eigenvalue weighted by atomic mass is 16.4. The van der Waals surface area contributed by atoms with Crippen LogP contribution in [0.3, 0.4) is 0 Å². The summed E-state index contributed by atoms with van der Waals surface area (Å²) >= 11 is 0. The number of carboxylic acid groups (broad SMARTS) is 1. The van der Waals surface area contributed by atoms with Gasteiger partial charge in [0.15, 0.2) is 0 Å². The van der Waals surface area contributed by atoms with Crippen molar-refractivity contribution in [2.45, 2.75) is 45.6 Å². The van der Waals surface area contributed by atoms with Gasteiger partial charge in [0.2, 0.25) is 0 Å². The molecule has 0 aliphatic carbocycles. The fourth-order valence-electron chi connectivity index (χ4n) is 3.55. The Hall–Kier alpha value is -1.30. The van der Waals surface area contributed by atoms with E-state index in [9.17, 15) is 14.7 Å². The minimum Gasteiger partial charge on any atom is -0.480 e. The molecule has 2 heterocycles. The number of carbonyl (C=O) groups is 2. The molecule has 21 heavy (non-hydrogen) atoms. The van der Waals surface area contributed by atoms with Crippen molar-refractivity contribution >= 4 is 12.0 Å². The molecular weight excluding hydrogens is 272 g/mol. The Labute approximate surface area is 125 Å². The Balaban J connectivity index is 2.08. The number of amides is 2. The van der Waals surface area contributed by atoms with E-state index in [2.05, 4.69) is 0 Å². The van der Waals surface area contributed by atoms with Crippen LogP contribution in [0.2, 0.25) is 0 Å². The van der Waals surface area contributed by atoms with E-state index >= 15 is 0 Å². The van der Waals surface area contributed by atoms with Crippen LogP contribution in [0.1, 0.15) is 39.5 Å². The highest BCUT2D eigenvalue weighted by molar-refractivity contribution is 5.83. The first-order valence-corrected chi connectivity index (χ1v) is 7.76. The molecule has 0 bridgehead atoms. The van der Waals surface area contributed by atoms with Crippen LogP contribution in [0, 0.1) is 11.3 Å². The molecular formula is C15H26N2O4. The topological polar surface area (TPSA) is 81.1 Å². The monoisotopic (exact) mass is 298 g/mol. The van der Waals surface area contributed by atoms with E-state index in [0.29, 0.717) is 19.6 Å². The van der Waals surface area contributed by atoms with Gasteiger partial charge in [-0.15, -0.1) is 0 Å². The van der Waals surface area contributed by atoms with Crippen molar-refractivity contribution in [1.29, 1.82) is 0 Å². The minimum absolute atomic E-state index is 0.161. The molecule has 0 radical (unpaired) electrons. The number of aliphatic hydroxyl groups excluding tert-OH is 1. The highest BCUT2D eigenvalue weighted by Gasteiger charge is 2.45. The van der Waals surface area contributed by atoms with Crippen LogP contribution < -0.4 is 0 Å². The summed E-state index contributed by atoms with van der Waals surface area (Å²) in [4.78, 5) is 27.6. The lowest BCUT2D eigenvalue weighted by Crippen LogP contribution is -2.60. The van der Waals surface area contributed by atoms with Gasteiger partial charge in [0.1, 0.15) is 6.04 Å². The Bertz CT molecular complexity index is 402. The Morgan fingerprint density at radius 1 is 1.19 bits per heavy atom. The number of piperidine rings is 2. The molecule has 0 aromatic rings. The maximum Gasteiger partial charge on any atom is 0.327 e. The molecule has 2 fully saturated rings. The van der Waals surface area contributed by atoms with Gasteiger partial charge in [0.25, 0.3) is 0 Å². The maximum absolute atomic E-state index is 12.7. The average molecular weight is 298 g/mol. The van der Waals surface area contributed by atoms with Crippen LogP contribution in [-0.4, -0.2) is 64.3 Å². The quantitative estimate of drug-likeness (QED) is 0.807. The van der Waals surface area contributed by atoms with Crippen LogP contribution in [0.15, 0.2) is 0 Å². The van der Waals surface area contributed by atoms with Gasteiger partial charge in [-0.05, 0) is 37.0 Å². The Morgan fingerprint density at radius 2 is 1.81 bits per heavy atom. The van der Waals surface area contributed by atoms with Crippen molar-refractivity contribution < 1.29 is 19.8 Å². The molecule has 6 nitrogen and oxygen atoms in total. The zero-order valence-corrected chi connectivity index (χ0v) is 12.9. The smallest absolute Gasteiger partial charge is 0.327 e. The zero-order chi connectivity index (χ0) is 15.6. The van der Waals surface area contributed by atoms with Crippen molar-refractivity contribution in [3.63, 3.8) is 0 Å². The number of likely N-dealkylation sites (tertiary alicyclic amines) is 2. The molecule has 2 N–H and O–H groups in total. The average Bonchev–Trinajstić information content (AvgIpc) is 2.45. The van der Waals surface area contributed by atoms with E-state index in [4.69, 9.17) is 5.11 Å². The third kappa shape index (κ3) is 3.31. The predicted octanol–water partition coefficient (Wildman–Crippen LogP) is 1.39. The lowest BCUT2D eigenvalue weighted by atomic mass is 9.76. The Kier molecular flexibility index (Phi) is 4.76. The number of nitrogens with zero attached hydrogens (tertiary/aromatic N) is 2. The Morgan fingerprint density at radius 3 is 2.33 bits per heavy atom. The molecule has 0 aromatic carbocycles. The predicted molar refractivity (Wildman–Crippen MR) is 77.9 cm³/mol. The second kappa shape index (κ2) is 6.22. The zero-order valence-electron chi connectivity index (χ0n) is 12.9. The minimum atomic E-state index is -0.918. The van der Waals surface area contributed by atoms with E-state index in [1.807, 2.05) is 13.8 Å². The van der Waals surface area contributed by atoms with Gasteiger partial charge < -0.3 is 20.0 Å². The third-order valence-corrected chi connectivity index (χ3v) is 4.89. The lowest BCUT2D eigenvalue weighted by Gasteiger charge is -2.46. The summed E-state index contributed by atoms with van der Waals surface area (Å²) in [7, 11) is 0. The van der Waals surface area contributed by atoms with Crippen molar-refractivity contribution in [3.05, 3.63) is 0 Å². The van der Waals surface area contributed by atoms with Crippen LogP contribution >= 0.6 is 0 Å². The van der Waals surface area contributed by atoms with Gasteiger partial charge in [-0.3, -0.25) is 0 Å². The maximum atomic E-state index is 12.7. The van der Waals surface area contributed by atoms with Gasteiger partial charge >= 0.3 is 12.0 Å². The molecule has 2 rings (SSSR count). The number of hydrogen-bond donors (Lipinski definition) is 2. The van der Waals surface area contributed by atoms with Crippen molar-refractivity contribution in [1.82, 2.24) is 9.80 Å². The molecule has 0 saturated carbocycles. The number of rotatable bonds is 2. The first-order valence-electron chi connectivity index (χ1n) is 7.76. The third-order valence-electron chi connectivity index (χ3n) is 4.89. The number of carbonyl (C=O) groups excluding carboxylic acids is 1. The first-order chi connectivity index (χ1) is 9.86. The molecule has 1 atom stereocenters. The second-order valence-corrected chi connectivity index (χ2v) is 6.92. The second-order valence-electron chi connectivity index (χ2n) is 6.92. The summed E-state index contributed by atoms with van der Waals surface area (Å²) < 4.78 is 0. The van der Waals surface area contributed by atoms with Gasteiger partial charge in [-0.1, -0.05) is 13.8 Å². The highest BCUT2D eigenvalue weighted by Crippen LogP contribution is 2.36. The molecule has 120 valence electrons. The van der Waals surface area contributed by atoms with Crippen molar-refractivity contribution in [3.8, 4) is 0 Å².